The predicted molar refractivity (Wildman–Crippen MR) is 108 cm³/mol. The second-order valence-electron chi connectivity index (χ2n) is 6.56. The smallest absolute Gasteiger partial charge is 0.307 e. The van der Waals surface area contributed by atoms with Gasteiger partial charge in [-0.15, -0.1) is 11.3 Å². The van der Waals surface area contributed by atoms with Crippen molar-refractivity contribution in [2.45, 2.75) is 32.4 Å². The minimum absolute atomic E-state index is 0.00447. The number of carbonyl (C=O) groups is 2. The highest BCUT2D eigenvalue weighted by atomic mass is 32.1. The van der Waals surface area contributed by atoms with Crippen LogP contribution in [-0.4, -0.2) is 28.8 Å². The van der Waals surface area contributed by atoms with Crippen molar-refractivity contribution < 1.29 is 14.3 Å². The Bertz CT molecular complexity index is 1060. The number of amides is 1. The van der Waals surface area contributed by atoms with Crippen LogP contribution >= 0.6 is 11.3 Å². The van der Waals surface area contributed by atoms with E-state index in [0.717, 1.165) is 4.88 Å². The zero-order valence-corrected chi connectivity index (χ0v) is 16.7. The highest BCUT2D eigenvalue weighted by Crippen LogP contribution is 2.24. The molecule has 0 aliphatic carbocycles. The molecule has 3 rings (SSSR count). The van der Waals surface area contributed by atoms with Crippen LogP contribution in [0.3, 0.4) is 0 Å². The van der Waals surface area contributed by atoms with Crippen molar-refractivity contribution in [3.05, 3.63) is 62.7 Å². The molecule has 1 N–H and O–H groups in total. The van der Waals surface area contributed by atoms with E-state index in [1.54, 1.807) is 24.3 Å². The van der Waals surface area contributed by atoms with E-state index in [9.17, 15) is 14.4 Å². The second-order valence-corrected chi connectivity index (χ2v) is 7.54. The van der Waals surface area contributed by atoms with Gasteiger partial charge in [0.25, 0.3) is 11.5 Å². The molecule has 7 nitrogen and oxygen atoms in total. The number of benzene rings is 1. The van der Waals surface area contributed by atoms with E-state index in [1.807, 2.05) is 31.4 Å². The molecule has 0 radical (unpaired) electrons. The fourth-order valence-electron chi connectivity index (χ4n) is 2.91. The fraction of sp³-hybridized carbons (Fsp3) is 0.300. The highest BCUT2D eigenvalue weighted by molar-refractivity contribution is 7.10. The monoisotopic (exact) mass is 399 g/mol. The molecular formula is C20H21N3O4S. The van der Waals surface area contributed by atoms with Crippen molar-refractivity contribution in [2.75, 3.05) is 7.11 Å². The fourth-order valence-corrected chi connectivity index (χ4v) is 3.69. The lowest BCUT2D eigenvalue weighted by Crippen LogP contribution is -2.34. The first-order valence-electron chi connectivity index (χ1n) is 8.85. The molecule has 28 heavy (non-hydrogen) atoms. The van der Waals surface area contributed by atoms with E-state index in [4.69, 9.17) is 4.74 Å². The summed E-state index contributed by atoms with van der Waals surface area (Å²) in [6.07, 6.45) is 0.00447. The average Bonchev–Trinajstić information content (AvgIpc) is 3.22. The van der Waals surface area contributed by atoms with Gasteiger partial charge in [-0.1, -0.05) is 24.3 Å². The van der Waals surface area contributed by atoms with Crippen molar-refractivity contribution >= 4 is 34.0 Å². The van der Waals surface area contributed by atoms with Crippen molar-refractivity contribution in [3.63, 3.8) is 0 Å². The Morgan fingerprint density at radius 1 is 1.18 bits per heavy atom. The summed E-state index contributed by atoms with van der Waals surface area (Å²) in [4.78, 5) is 38.4. The summed E-state index contributed by atoms with van der Waals surface area (Å²) >= 11 is 1.44. The van der Waals surface area contributed by atoms with Gasteiger partial charge in [-0.2, -0.15) is 5.10 Å². The Kier molecular flexibility index (Phi) is 5.89. The van der Waals surface area contributed by atoms with E-state index >= 15 is 0 Å². The Hall–Kier alpha value is -3.00. The summed E-state index contributed by atoms with van der Waals surface area (Å²) in [5.41, 5.74) is -0.0955. The molecule has 8 heteroatoms. The number of carbonyl (C=O) groups excluding carboxylic acids is 2. The van der Waals surface area contributed by atoms with Crippen LogP contribution in [0.2, 0.25) is 0 Å². The molecule has 0 aliphatic heterocycles. The van der Waals surface area contributed by atoms with Crippen LogP contribution in [0, 0.1) is 0 Å². The van der Waals surface area contributed by atoms with E-state index in [0.29, 0.717) is 10.8 Å². The highest BCUT2D eigenvalue weighted by Gasteiger charge is 2.24. The van der Waals surface area contributed by atoms with Gasteiger partial charge in [0, 0.05) is 10.3 Å². The number of fused-ring (bicyclic) bond motifs is 1. The molecule has 146 valence electrons. The van der Waals surface area contributed by atoms with E-state index in [1.165, 1.54) is 23.1 Å². The van der Waals surface area contributed by atoms with Gasteiger partial charge in [-0.25, -0.2) is 4.68 Å². The van der Waals surface area contributed by atoms with Gasteiger partial charge in [0.05, 0.1) is 31.0 Å². The number of thiophene rings is 1. The molecule has 2 heterocycles. The lowest BCUT2D eigenvalue weighted by molar-refractivity contribution is -0.141. The van der Waals surface area contributed by atoms with Crippen molar-refractivity contribution in [1.82, 2.24) is 15.1 Å². The third-order valence-corrected chi connectivity index (χ3v) is 5.31. The molecule has 0 bridgehead atoms. The number of nitrogens with zero attached hydrogens (tertiary/aromatic N) is 2. The average molecular weight is 399 g/mol. The second kappa shape index (κ2) is 8.35. The van der Waals surface area contributed by atoms with Crippen LogP contribution < -0.4 is 10.9 Å². The zero-order valence-electron chi connectivity index (χ0n) is 15.8. The van der Waals surface area contributed by atoms with Gasteiger partial charge in [-0.05, 0) is 31.4 Å². The predicted octanol–water partition coefficient (Wildman–Crippen LogP) is 3.07. The molecule has 0 saturated heterocycles. The van der Waals surface area contributed by atoms with Gasteiger partial charge in [0.2, 0.25) is 0 Å². The summed E-state index contributed by atoms with van der Waals surface area (Å²) < 4.78 is 6.06. The maximum absolute atomic E-state index is 13.1. The number of rotatable bonds is 6. The van der Waals surface area contributed by atoms with Gasteiger partial charge < -0.3 is 10.1 Å². The molecule has 0 fully saturated rings. The first-order valence-corrected chi connectivity index (χ1v) is 9.73. The molecule has 0 saturated carbocycles. The number of ether oxygens (including phenoxy) is 1. The molecule has 0 spiro atoms. The number of hydrogen-bond donors (Lipinski definition) is 1. The van der Waals surface area contributed by atoms with Gasteiger partial charge >= 0.3 is 5.97 Å². The Morgan fingerprint density at radius 3 is 2.50 bits per heavy atom. The minimum Gasteiger partial charge on any atom is -0.469 e. The SMILES string of the molecule is COC(=O)CC(NC(=O)c1nn(C(C)C)c(=O)c2ccccc12)c1cccs1. The Labute approximate surface area is 165 Å². The normalized spacial score (nSPS) is 12.1. The van der Waals surface area contributed by atoms with Gasteiger partial charge in [0.1, 0.15) is 0 Å². The van der Waals surface area contributed by atoms with Crippen LogP contribution in [0.4, 0.5) is 0 Å². The number of esters is 1. The molecule has 1 aromatic carbocycles. The first-order chi connectivity index (χ1) is 13.4. The summed E-state index contributed by atoms with van der Waals surface area (Å²) in [5.74, 6) is -0.878. The van der Waals surface area contributed by atoms with Crippen LogP contribution in [-0.2, 0) is 9.53 Å². The maximum Gasteiger partial charge on any atom is 0.307 e. The van der Waals surface area contributed by atoms with Crippen LogP contribution in [0.1, 0.15) is 47.7 Å². The third kappa shape index (κ3) is 3.96. The number of nitrogens with one attached hydrogen (secondary N) is 1. The topological polar surface area (TPSA) is 90.3 Å². The molecular weight excluding hydrogens is 378 g/mol. The molecule has 1 unspecified atom stereocenters. The molecule has 2 aromatic heterocycles. The summed E-state index contributed by atoms with van der Waals surface area (Å²) in [7, 11) is 1.31. The summed E-state index contributed by atoms with van der Waals surface area (Å²) in [6, 6.07) is 9.84. The largest absolute Gasteiger partial charge is 0.469 e. The summed E-state index contributed by atoms with van der Waals surface area (Å²) in [6.45, 7) is 3.66. The Morgan fingerprint density at radius 2 is 1.89 bits per heavy atom. The van der Waals surface area contributed by atoms with Crippen molar-refractivity contribution in [1.29, 1.82) is 0 Å². The quantitative estimate of drug-likeness (QED) is 0.644. The van der Waals surface area contributed by atoms with E-state index in [-0.39, 0.29) is 23.7 Å². The van der Waals surface area contributed by atoms with E-state index in [2.05, 4.69) is 10.4 Å². The molecule has 3 aromatic rings. The maximum atomic E-state index is 13.1. The molecule has 1 atom stereocenters. The number of hydrogen-bond acceptors (Lipinski definition) is 6. The van der Waals surface area contributed by atoms with Crippen LogP contribution in [0.25, 0.3) is 10.8 Å². The Balaban J connectivity index is 2.03. The summed E-state index contributed by atoms with van der Waals surface area (Å²) in [5, 5.41) is 9.96. The van der Waals surface area contributed by atoms with E-state index < -0.39 is 17.9 Å². The lowest BCUT2D eigenvalue weighted by atomic mass is 10.1. The van der Waals surface area contributed by atoms with Crippen molar-refractivity contribution in [2.24, 2.45) is 0 Å². The standard InChI is InChI=1S/C20H21N3O4S/c1-12(2)23-20(26)14-8-5-4-7-13(14)18(22-23)19(25)21-15(11-17(24)27-3)16-9-6-10-28-16/h4-10,12,15H,11H2,1-3H3,(H,21,25). The first kappa shape index (κ1) is 19.8. The number of methoxy groups -OCH3 is 1. The van der Waals surface area contributed by atoms with Crippen LogP contribution in [0.5, 0.6) is 0 Å². The zero-order chi connectivity index (χ0) is 20.3. The molecule has 0 aliphatic rings. The number of aromatic nitrogens is 2. The molecule has 1 amide bonds. The lowest BCUT2D eigenvalue weighted by Gasteiger charge is -2.18. The van der Waals surface area contributed by atoms with Gasteiger partial charge in [0.15, 0.2) is 5.69 Å². The third-order valence-electron chi connectivity index (χ3n) is 4.32. The van der Waals surface area contributed by atoms with Crippen LogP contribution in [0.15, 0.2) is 46.6 Å². The minimum atomic E-state index is -0.542. The van der Waals surface area contributed by atoms with Crippen molar-refractivity contribution in [3.8, 4) is 0 Å². The van der Waals surface area contributed by atoms with Gasteiger partial charge in [-0.3, -0.25) is 14.4 Å².